The number of hydrogen-bond acceptors (Lipinski definition) is 0. The third-order valence-electron chi connectivity index (χ3n) is 12.9. The zero-order chi connectivity index (χ0) is 36.9. The summed E-state index contributed by atoms with van der Waals surface area (Å²) in [6.45, 7) is 0. The monoisotopic (exact) mass is 721 g/mol. The summed E-state index contributed by atoms with van der Waals surface area (Å²) in [5.41, 5.74) is 11.0. The molecular weight excluding hydrogens is 691 g/mol. The summed E-state index contributed by atoms with van der Waals surface area (Å²) in [4.78, 5) is 0. The molecule has 0 aliphatic heterocycles. The second kappa shape index (κ2) is 10.6. The summed E-state index contributed by atoms with van der Waals surface area (Å²) in [5, 5.41) is 17.8. The van der Waals surface area contributed by atoms with Crippen molar-refractivity contribution in [3.63, 3.8) is 0 Å². The number of nitrogens with zero attached hydrogens (tertiary/aromatic N) is 3. The molecule has 0 unspecified atom stereocenters. The summed E-state index contributed by atoms with van der Waals surface area (Å²) >= 11 is 0. The molecule has 0 fully saturated rings. The fraction of sp³-hybridized carbons (Fsp3) is 0. The number of fused-ring (bicyclic) bond motifs is 18. The Balaban J connectivity index is 1.21. The van der Waals surface area contributed by atoms with Crippen LogP contribution in [-0.4, -0.2) is 13.5 Å². The van der Waals surface area contributed by atoms with Crippen LogP contribution in [0.4, 0.5) is 0 Å². The van der Waals surface area contributed by atoms with Crippen LogP contribution in [0.15, 0.2) is 188 Å². The maximum atomic E-state index is 2.58. The highest BCUT2D eigenvalue weighted by Gasteiger charge is 2.26. The van der Waals surface area contributed by atoms with Gasteiger partial charge in [0.1, 0.15) is 0 Å². The first kappa shape index (κ1) is 29.7. The predicted molar refractivity (Wildman–Crippen MR) is 242 cm³/mol. The number of hydrogen-bond donors (Lipinski definition) is 0. The van der Waals surface area contributed by atoms with E-state index in [1.165, 1.54) is 120 Å². The molecule has 262 valence electrons. The van der Waals surface area contributed by atoms with Crippen molar-refractivity contribution in [3.05, 3.63) is 188 Å². The second-order valence-corrected chi connectivity index (χ2v) is 15.6. The van der Waals surface area contributed by atoms with E-state index in [9.17, 15) is 0 Å². The summed E-state index contributed by atoms with van der Waals surface area (Å²) < 4.78 is 7.57. The molecule has 3 heteroatoms. The molecule has 0 aliphatic carbocycles. The number of rotatable bonds is 2. The van der Waals surface area contributed by atoms with Gasteiger partial charge in [-0.15, -0.1) is 0 Å². The van der Waals surface area contributed by atoms with Gasteiger partial charge in [-0.2, -0.15) is 0 Å². The smallest absolute Gasteiger partial charge is 0.0628 e. The Morgan fingerprint density at radius 2 is 0.789 bits per heavy atom. The highest BCUT2D eigenvalue weighted by molar-refractivity contribution is 6.38. The average Bonchev–Trinajstić information content (AvgIpc) is 4.00. The van der Waals surface area contributed by atoms with Crippen LogP contribution >= 0.6 is 0 Å². The molecule has 4 aromatic heterocycles. The lowest BCUT2D eigenvalue weighted by atomic mass is 9.99. The summed E-state index contributed by atoms with van der Waals surface area (Å²) in [5.74, 6) is 0. The Morgan fingerprint density at radius 3 is 1.51 bits per heavy atom. The van der Waals surface area contributed by atoms with Crippen LogP contribution in [0.25, 0.3) is 125 Å². The van der Waals surface area contributed by atoms with Crippen molar-refractivity contribution in [3.8, 4) is 11.4 Å². The Kier molecular flexibility index (Phi) is 5.51. The SMILES string of the molecule is c1ccc2c(-n3c4ccc5ccccc5c4c4c5c6ccccc6n6c7ccccc7c(cc43)c56)cc(-n3c4ccccc4c4c5ccccc5ccc43)cc2c1. The van der Waals surface area contributed by atoms with Crippen molar-refractivity contribution in [2.45, 2.75) is 0 Å². The van der Waals surface area contributed by atoms with Crippen LogP contribution in [-0.2, 0) is 0 Å². The van der Waals surface area contributed by atoms with Gasteiger partial charge in [0, 0.05) is 54.2 Å². The van der Waals surface area contributed by atoms with E-state index in [1.54, 1.807) is 0 Å². The molecule has 14 aromatic rings. The van der Waals surface area contributed by atoms with Gasteiger partial charge in [-0.1, -0.05) is 140 Å². The van der Waals surface area contributed by atoms with Gasteiger partial charge in [-0.3, -0.25) is 0 Å². The molecule has 0 saturated heterocycles. The van der Waals surface area contributed by atoms with E-state index < -0.39 is 0 Å². The Labute approximate surface area is 325 Å². The summed E-state index contributed by atoms with van der Waals surface area (Å²) in [6, 6.07) is 70.0. The molecule has 0 spiro atoms. The lowest BCUT2D eigenvalue weighted by Gasteiger charge is -2.16. The molecule has 0 N–H and O–H groups in total. The van der Waals surface area contributed by atoms with Crippen molar-refractivity contribution < 1.29 is 0 Å². The third kappa shape index (κ3) is 3.67. The average molecular weight is 722 g/mol. The van der Waals surface area contributed by atoms with Gasteiger partial charge in [-0.25, -0.2) is 0 Å². The van der Waals surface area contributed by atoms with Gasteiger partial charge in [0.05, 0.1) is 44.3 Å². The highest BCUT2D eigenvalue weighted by Crippen LogP contribution is 2.49. The fourth-order valence-electron chi connectivity index (χ4n) is 10.6. The molecule has 4 heterocycles. The lowest BCUT2D eigenvalue weighted by molar-refractivity contribution is 1.15. The molecule has 0 atom stereocenters. The number of aromatic nitrogens is 3. The van der Waals surface area contributed by atoms with Crippen LogP contribution in [0.5, 0.6) is 0 Å². The van der Waals surface area contributed by atoms with Crippen molar-refractivity contribution >= 4 is 114 Å². The Hall–Kier alpha value is -7.62. The predicted octanol–water partition coefficient (Wildman–Crippen LogP) is 14.5. The molecular formula is C54H31N3. The maximum Gasteiger partial charge on any atom is 0.0628 e. The van der Waals surface area contributed by atoms with E-state index in [0.717, 1.165) is 5.69 Å². The summed E-state index contributed by atoms with van der Waals surface area (Å²) in [7, 11) is 0. The second-order valence-electron chi connectivity index (χ2n) is 15.6. The minimum absolute atomic E-state index is 1.15. The number of para-hydroxylation sites is 3. The van der Waals surface area contributed by atoms with E-state index in [0.29, 0.717) is 0 Å². The molecule has 0 radical (unpaired) electrons. The molecule has 57 heavy (non-hydrogen) atoms. The Bertz CT molecular complexity index is 4040. The minimum atomic E-state index is 1.15. The van der Waals surface area contributed by atoms with E-state index in [2.05, 4.69) is 202 Å². The van der Waals surface area contributed by atoms with Crippen LogP contribution < -0.4 is 0 Å². The molecule has 14 rings (SSSR count). The van der Waals surface area contributed by atoms with Gasteiger partial charge in [0.2, 0.25) is 0 Å². The first-order valence-electron chi connectivity index (χ1n) is 19.8. The molecule has 0 amide bonds. The zero-order valence-corrected chi connectivity index (χ0v) is 30.7. The quantitative estimate of drug-likeness (QED) is 0.169. The first-order valence-corrected chi connectivity index (χ1v) is 19.8. The molecule has 10 aromatic carbocycles. The standard InChI is InChI=1S/C54H31N3/c1-5-17-37-32(13-1)25-27-46-50(37)40-20-8-11-23-44(40)55(46)35-29-34-15-3-4-16-36(34)48(30-35)56-47-28-26-33-14-2-6-18-38(33)51(47)53-49(56)31-42-39-19-7-10-22-43(39)57-45-24-12-9-21-41(45)52(53)54(42)57/h1-31H. The minimum Gasteiger partial charge on any atom is -0.309 e. The fourth-order valence-corrected chi connectivity index (χ4v) is 10.6. The molecule has 0 aliphatic rings. The van der Waals surface area contributed by atoms with Gasteiger partial charge >= 0.3 is 0 Å². The van der Waals surface area contributed by atoms with Crippen molar-refractivity contribution in [1.82, 2.24) is 13.5 Å². The zero-order valence-electron chi connectivity index (χ0n) is 30.7. The van der Waals surface area contributed by atoms with E-state index >= 15 is 0 Å². The van der Waals surface area contributed by atoms with Gasteiger partial charge in [-0.05, 0) is 75.5 Å². The summed E-state index contributed by atoms with van der Waals surface area (Å²) in [6.07, 6.45) is 0. The highest BCUT2D eigenvalue weighted by atomic mass is 15.0. The first-order chi connectivity index (χ1) is 28.3. The van der Waals surface area contributed by atoms with Gasteiger partial charge in [0.15, 0.2) is 0 Å². The van der Waals surface area contributed by atoms with Crippen LogP contribution in [0.1, 0.15) is 0 Å². The van der Waals surface area contributed by atoms with E-state index in [1.807, 2.05) is 0 Å². The van der Waals surface area contributed by atoms with Crippen molar-refractivity contribution in [1.29, 1.82) is 0 Å². The van der Waals surface area contributed by atoms with Crippen molar-refractivity contribution in [2.75, 3.05) is 0 Å². The van der Waals surface area contributed by atoms with Gasteiger partial charge in [0.25, 0.3) is 0 Å². The topological polar surface area (TPSA) is 14.3 Å². The lowest BCUT2D eigenvalue weighted by Crippen LogP contribution is -2.00. The maximum absolute atomic E-state index is 2.58. The normalized spacial score (nSPS) is 12.6. The van der Waals surface area contributed by atoms with Crippen LogP contribution in [0, 0.1) is 0 Å². The van der Waals surface area contributed by atoms with Crippen molar-refractivity contribution in [2.24, 2.45) is 0 Å². The van der Waals surface area contributed by atoms with Gasteiger partial charge < -0.3 is 13.5 Å². The molecule has 0 bridgehead atoms. The van der Waals surface area contributed by atoms with Crippen LogP contribution in [0.2, 0.25) is 0 Å². The van der Waals surface area contributed by atoms with E-state index in [-0.39, 0.29) is 0 Å². The molecule has 0 saturated carbocycles. The molecule has 3 nitrogen and oxygen atoms in total. The van der Waals surface area contributed by atoms with Crippen LogP contribution in [0.3, 0.4) is 0 Å². The van der Waals surface area contributed by atoms with E-state index in [4.69, 9.17) is 0 Å². The Morgan fingerprint density at radius 1 is 0.263 bits per heavy atom. The largest absolute Gasteiger partial charge is 0.309 e. The third-order valence-corrected chi connectivity index (χ3v) is 12.9. The number of benzene rings is 10.